The molecule has 1 aromatic rings. The number of alkyl halides is 3. The van der Waals surface area contributed by atoms with Crippen molar-refractivity contribution < 1.29 is 27.9 Å². The van der Waals surface area contributed by atoms with Crippen LogP contribution in [0.2, 0.25) is 0 Å². The highest BCUT2D eigenvalue weighted by Crippen LogP contribution is 2.43. The molecule has 1 N–H and O–H groups in total. The number of benzene rings is 1. The molecule has 1 aliphatic rings. The molecule has 2 rings (SSSR count). The van der Waals surface area contributed by atoms with Crippen LogP contribution in [0.1, 0.15) is 24.0 Å². The van der Waals surface area contributed by atoms with Crippen molar-refractivity contribution in [1.29, 1.82) is 0 Å². The lowest BCUT2D eigenvalue weighted by atomic mass is 9.63. The van der Waals surface area contributed by atoms with Crippen LogP contribution >= 0.6 is 0 Å². The largest absolute Gasteiger partial charge is 0.481 e. The second-order valence-electron chi connectivity index (χ2n) is 4.36. The first-order chi connectivity index (χ1) is 8.25. The van der Waals surface area contributed by atoms with E-state index in [9.17, 15) is 22.8 Å². The maximum absolute atomic E-state index is 12.5. The molecule has 0 atom stereocenters. The van der Waals surface area contributed by atoms with E-state index >= 15 is 0 Å². The van der Waals surface area contributed by atoms with Gasteiger partial charge in [0.15, 0.2) is 0 Å². The molecule has 1 saturated carbocycles. The van der Waals surface area contributed by atoms with Crippen molar-refractivity contribution in [2.75, 3.05) is 0 Å². The highest BCUT2D eigenvalue weighted by molar-refractivity contribution is 6.01. The van der Waals surface area contributed by atoms with Gasteiger partial charge in [0.25, 0.3) is 0 Å². The fourth-order valence-corrected chi connectivity index (χ4v) is 2.09. The van der Waals surface area contributed by atoms with Crippen molar-refractivity contribution in [1.82, 2.24) is 0 Å². The minimum atomic E-state index is -4.52. The fraction of sp³-hybridized carbons (Fsp3) is 0.333. The number of aliphatic carboxylic acids is 1. The first kappa shape index (κ1) is 12.6. The number of hydrogen-bond donors (Lipinski definition) is 1. The van der Waals surface area contributed by atoms with Crippen molar-refractivity contribution in [2.24, 2.45) is 0 Å². The number of hydrogen-bond acceptors (Lipinski definition) is 2. The molecule has 0 amide bonds. The zero-order valence-electron chi connectivity index (χ0n) is 9.12. The Morgan fingerprint density at radius 1 is 1.28 bits per heavy atom. The SMILES string of the molecule is O=C1CC(C(=O)O)(c2cccc(C(F)(F)F)c2)C1. The molecule has 0 heterocycles. The van der Waals surface area contributed by atoms with Crippen LogP contribution in [0, 0.1) is 0 Å². The monoisotopic (exact) mass is 258 g/mol. The molecule has 0 radical (unpaired) electrons. The number of ketones is 1. The molecule has 1 aromatic carbocycles. The standard InChI is InChI=1S/C12H9F3O3/c13-12(14,15)8-3-1-2-7(4-8)11(10(17)18)5-9(16)6-11/h1-4H,5-6H2,(H,17,18). The van der Waals surface area contributed by atoms with Gasteiger partial charge in [0.2, 0.25) is 0 Å². The molecule has 0 aromatic heterocycles. The highest BCUT2D eigenvalue weighted by atomic mass is 19.4. The molecule has 1 aliphatic carbocycles. The van der Waals surface area contributed by atoms with Gasteiger partial charge in [0.05, 0.1) is 5.56 Å². The predicted octanol–water partition coefficient (Wildman–Crippen LogP) is 2.39. The maximum atomic E-state index is 12.5. The zero-order chi connectivity index (χ0) is 13.6. The normalized spacial score (nSPS) is 18.3. The predicted molar refractivity (Wildman–Crippen MR) is 55.0 cm³/mol. The van der Waals surface area contributed by atoms with Crippen LogP contribution in [-0.2, 0) is 21.2 Å². The van der Waals surface area contributed by atoms with Gasteiger partial charge >= 0.3 is 12.1 Å². The van der Waals surface area contributed by atoms with Gasteiger partial charge < -0.3 is 5.11 Å². The van der Waals surface area contributed by atoms with E-state index in [0.717, 1.165) is 18.2 Å². The summed E-state index contributed by atoms with van der Waals surface area (Å²) in [6, 6.07) is 4.15. The number of carbonyl (C=O) groups excluding carboxylic acids is 1. The number of Topliss-reactive ketones (excluding diaryl/α,β-unsaturated/α-hetero) is 1. The number of carbonyl (C=O) groups is 2. The highest BCUT2D eigenvalue weighted by Gasteiger charge is 2.51. The second kappa shape index (κ2) is 3.83. The zero-order valence-corrected chi connectivity index (χ0v) is 9.12. The molecule has 0 spiro atoms. The van der Waals surface area contributed by atoms with Gasteiger partial charge in [-0.05, 0) is 11.6 Å². The lowest BCUT2D eigenvalue weighted by Gasteiger charge is -2.36. The third-order valence-electron chi connectivity index (χ3n) is 3.15. The summed E-state index contributed by atoms with van der Waals surface area (Å²) in [6.45, 7) is 0. The van der Waals surface area contributed by atoms with E-state index in [1.54, 1.807) is 0 Å². The topological polar surface area (TPSA) is 54.4 Å². The van der Waals surface area contributed by atoms with E-state index in [2.05, 4.69) is 0 Å². The molecule has 18 heavy (non-hydrogen) atoms. The van der Waals surface area contributed by atoms with Crippen molar-refractivity contribution in [3.05, 3.63) is 35.4 Å². The van der Waals surface area contributed by atoms with Gasteiger partial charge in [0.1, 0.15) is 11.2 Å². The third kappa shape index (κ3) is 1.87. The summed E-state index contributed by atoms with van der Waals surface area (Å²) < 4.78 is 37.6. The van der Waals surface area contributed by atoms with Crippen LogP contribution in [0.25, 0.3) is 0 Å². The molecule has 1 fully saturated rings. The molecule has 0 aliphatic heterocycles. The lowest BCUT2D eigenvalue weighted by Crippen LogP contribution is -2.48. The molecular formula is C12H9F3O3. The van der Waals surface area contributed by atoms with Crippen LogP contribution in [0.15, 0.2) is 24.3 Å². The Hall–Kier alpha value is -1.85. The maximum Gasteiger partial charge on any atom is 0.416 e. The van der Waals surface area contributed by atoms with E-state index in [1.807, 2.05) is 0 Å². The van der Waals surface area contributed by atoms with Crippen LogP contribution < -0.4 is 0 Å². The summed E-state index contributed by atoms with van der Waals surface area (Å²) in [4.78, 5) is 22.2. The molecule has 6 heteroatoms. The van der Waals surface area contributed by atoms with Crippen LogP contribution in [0.4, 0.5) is 13.2 Å². The first-order valence-electron chi connectivity index (χ1n) is 5.18. The number of carboxylic acid groups (broad SMARTS) is 1. The average Bonchev–Trinajstić information content (AvgIpc) is 2.23. The number of carboxylic acids is 1. The quantitative estimate of drug-likeness (QED) is 0.886. The van der Waals surface area contributed by atoms with Gasteiger partial charge in [-0.15, -0.1) is 0 Å². The number of halogens is 3. The van der Waals surface area contributed by atoms with Gasteiger partial charge in [0, 0.05) is 12.8 Å². The smallest absolute Gasteiger partial charge is 0.416 e. The van der Waals surface area contributed by atoms with E-state index in [1.165, 1.54) is 6.07 Å². The third-order valence-corrected chi connectivity index (χ3v) is 3.15. The van der Waals surface area contributed by atoms with Crippen LogP contribution in [0.3, 0.4) is 0 Å². The summed E-state index contributed by atoms with van der Waals surface area (Å²) >= 11 is 0. The minimum absolute atomic E-state index is 0.0319. The number of rotatable bonds is 2. The molecular weight excluding hydrogens is 249 g/mol. The summed E-state index contributed by atoms with van der Waals surface area (Å²) in [5.74, 6) is -1.52. The molecule has 0 bridgehead atoms. The first-order valence-corrected chi connectivity index (χ1v) is 5.18. The van der Waals surface area contributed by atoms with Crippen LogP contribution in [0.5, 0.6) is 0 Å². The Morgan fingerprint density at radius 2 is 1.89 bits per heavy atom. The van der Waals surface area contributed by atoms with Gasteiger partial charge in [-0.1, -0.05) is 18.2 Å². The Balaban J connectivity index is 2.45. The lowest BCUT2D eigenvalue weighted by molar-refractivity contribution is -0.153. The van der Waals surface area contributed by atoms with Crippen molar-refractivity contribution >= 4 is 11.8 Å². The fourth-order valence-electron chi connectivity index (χ4n) is 2.09. The van der Waals surface area contributed by atoms with Gasteiger partial charge in [-0.25, -0.2) is 0 Å². The van der Waals surface area contributed by atoms with E-state index in [4.69, 9.17) is 5.11 Å². The summed E-state index contributed by atoms with van der Waals surface area (Å²) in [5, 5.41) is 9.12. The Kier molecular flexibility index (Phi) is 2.68. The van der Waals surface area contributed by atoms with E-state index in [0.29, 0.717) is 0 Å². The Bertz CT molecular complexity index is 512. The molecule has 3 nitrogen and oxygen atoms in total. The molecule has 0 saturated heterocycles. The van der Waals surface area contributed by atoms with Gasteiger partial charge in [-0.2, -0.15) is 13.2 Å². The van der Waals surface area contributed by atoms with Crippen molar-refractivity contribution in [3.63, 3.8) is 0 Å². The summed E-state index contributed by atoms with van der Waals surface area (Å²) in [6.07, 6.45) is -5.02. The Morgan fingerprint density at radius 3 is 2.33 bits per heavy atom. The summed E-state index contributed by atoms with van der Waals surface area (Å²) in [7, 11) is 0. The summed E-state index contributed by atoms with van der Waals surface area (Å²) in [5.41, 5.74) is -2.36. The van der Waals surface area contributed by atoms with Crippen molar-refractivity contribution in [3.8, 4) is 0 Å². The van der Waals surface area contributed by atoms with Gasteiger partial charge in [-0.3, -0.25) is 9.59 Å². The van der Waals surface area contributed by atoms with Crippen molar-refractivity contribution in [2.45, 2.75) is 24.4 Å². The van der Waals surface area contributed by atoms with Crippen LogP contribution in [-0.4, -0.2) is 16.9 Å². The molecule has 0 unspecified atom stereocenters. The van der Waals surface area contributed by atoms with E-state index < -0.39 is 23.1 Å². The minimum Gasteiger partial charge on any atom is -0.481 e. The second-order valence-corrected chi connectivity index (χ2v) is 4.36. The average molecular weight is 258 g/mol. The van der Waals surface area contributed by atoms with E-state index in [-0.39, 0.29) is 24.2 Å². The Labute approximate surface area is 100 Å². The molecule has 96 valence electrons.